The van der Waals surface area contributed by atoms with E-state index in [0.29, 0.717) is 0 Å². The van der Waals surface area contributed by atoms with Crippen LogP contribution in [0.2, 0.25) is 0 Å². The Morgan fingerprint density at radius 3 is 2.91 bits per heavy atom. The molecule has 11 heavy (non-hydrogen) atoms. The van der Waals surface area contributed by atoms with Gasteiger partial charge in [0, 0.05) is 17.3 Å². The normalized spacial score (nSPS) is 12.9. The highest BCUT2D eigenvalue weighted by molar-refractivity contribution is 6.20. The minimum atomic E-state index is 0.247. The van der Waals surface area contributed by atoms with Crippen molar-refractivity contribution in [2.24, 2.45) is 0 Å². The van der Waals surface area contributed by atoms with Gasteiger partial charge in [0.15, 0.2) is 0 Å². The van der Waals surface area contributed by atoms with Crippen molar-refractivity contribution in [3.63, 3.8) is 0 Å². The fraction of sp³-hybridized carbons (Fsp3) is 0.444. The van der Waals surface area contributed by atoms with Crippen LogP contribution in [-0.4, -0.2) is 10.4 Å². The van der Waals surface area contributed by atoms with E-state index in [1.165, 1.54) is 0 Å². The molecule has 0 amide bonds. The first-order valence-electron chi connectivity index (χ1n) is 3.83. The minimum absolute atomic E-state index is 0.247. The van der Waals surface area contributed by atoms with Crippen LogP contribution in [0.1, 0.15) is 19.0 Å². The van der Waals surface area contributed by atoms with Crippen LogP contribution in [0.5, 0.6) is 0 Å². The Morgan fingerprint density at radius 1 is 1.55 bits per heavy atom. The fourth-order valence-electron chi connectivity index (χ4n) is 0.893. The zero-order valence-corrected chi connectivity index (χ0v) is 7.38. The quantitative estimate of drug-likeness (QED) is 0.634. The molecule has 0 saturated carbocycles. The molecule has 0 bridgehead atoms. The van der Waals surface area contributed by atoms with Crippen LogP contribution in [0, 0.1) is 0 Å². The van der Waals surface area contributed by atoms with Gasteiger partial charge < -0.3 is 0 Å². The van der Waals surface area contributed by atoms with Gasteiger partial charge in [-0.3, -0.25) is 4.98 Å². The number of hydrogen-bond acceptors (Lipinski definition) is 1. The predicted molar refractivity (Wildman–Crippen MR) is 47.9 cm³/mol. The molecule has 2 heteroatoms. The average molecular weight is 170 g/mol. The maximum atomic E-state index is 5.80. The predicted octanol–water partition coefficient (Wildman–Crippen LogP) is 2.64. The van der Waals surface area contributed by atoms with Gasteiger partial charge >= 0.3 is 0 Å². The number of aryl methyl sites for hydroxylation is 1. The third kappa shape index (κ3) is 3.38. The van der Waals surface area contributed by atoms with Gasteiger partial charge in [0.1, 0.15) is 0 Å². The molecule has 1 unspecified atom stereocenters. The number of hydrogen-bond donors (Lipinski definition) is 0. The first-order chi connectivity index (χ1) is 5.29. The van der Waals surface area contributed by atoms with Gasteiger partial charge in [-0.25, -0.2) is 0 Å². The standard InChI is InChI=1S/C9H12ClN/c1-8(10)5-6-9-4-2-3-7-11-9/h2-4,7-8H,5-6H2,1H3. The Labute approximate surface area is 72.4 Å². The number of alkyl halides is 1. The van der Waals surface area contributed by atoms with Gasteiger partial charge in [0.05, 0.1) is 0 Å². The fourth-order valence-corrected chi connectivity index (χ4v) is 1.00. The van der Waals surface area contributed by atoms with Gasteiger partial charge in [0.2, 0.25) is 0 Å². The molecule has 0 aliphatic rings. The van der Waals surface area contributed by atoms with Crippen molar-refractivity contribution in [3.8, 4) is 0 Å². The van der Waals surface area contributed by atoms with Crippen molar-refractivity contribution in [1.82, 2.24) is 4.98 Å². The summed E-state index contributed by atoms with van der Waals surface area (Å²) in [4.78, 5) is 4.19. The maximum absolute atomic E-state index is 5.80. The molecule has 0 aliphatic carbocycles. The summed E-state index contributed by atoms with van der Waals surface area (Å²) >= 11 is 5.80. The van der Waals surface area contributed by atoms with Gasteiger partial charge in [0.25, 0.3) is 0 Å². The van der Waals surface area contributed by atoms with Crippen LogP contribution in [-0.2, 0) is 6.42 Å². The van der Waals surface area contributed by atoms with Crippen molar-refractivity contribution in [2.45, 2.75) is 25.1 Å². The SMILES string of the molecule is CC(Cl)CCc1ccccn1. The molecular formula is C9H12ClN. The minimum Gasteiger partial charge on any atom is -0.261 e. The van der Waals surface area contributed by atoms with E-state index in [1.54, 1.807) is 0 Å². The van der Waals surface area contributed by atoms with Crippen LogP contribution in [0.4, 0.5) is 0 Å². The summed E-state index contributed by atoms with van der Waals surface area (Å²) in [6.45, 7) is 2.00. The molecule has 1 atom stereocenters. The Bertz CT molecular complexity index is 196. The molecule has 0 N–H and O–H groups in total. The summed E-state index contributed by atoms with van der Waals surface area (Å²) in [6.07, 6.45) is 3.79. The molecule has 0 saturated heterocycles. The Balaban J connectivity index is 2.39. The van der Waals surface area contributed by atoms with Crippen LogP contribution in [0.25, 0.3) is 0 Å². The van der Waals surface area contributed by atoms with Gasteiger partial charge in [-0.2, -0.15) is 0 Å². The lowest BCUT2D eigenvalue weighted by Crippen LogP contribution is -1.95. The highest BCUT2D eigenvalue weighted by atomic mass is 35.5. The second kappa shape index (κ2) is 4.35. The highest BCUT2D eigenvalue weighted by Crippen LogP contribution is 2.05. The Morgan fingerprint density at radius 2 is 2.36 bits per heavy atom. The van der Waals surface area contributed by atoms with Gasteiger partial charge in [-0.1, -0.05) is 6.07 Å². The van der Waals surface area contributed by atoms with E-state index < -0.39 is 0 Å². The number of nitrogens with zero attached hydrogens (tertiary/aromatic N) is 1. The molecule has 1 rings (SSSR count). The van der Waals surface area contributed by atoms with Crippen LogP contribution < -0.4 is 0 Å². The van der Waals surface area contributed by atoms with Crippen LogP contribution in [0.3, 0.4) is 0 Å². The number of rotatable bonds is 3. The van der Waals surface area contributed by atoms with Gasteiger partial charge in [-0.15, -0.1) is 11.6 Å². The topological polar surface area (TPSA) is 12.9 Å². The third-order valence-corrected chi connectivity index (χ3v) is 1.74. The molecule has 0 spiro atoms. The Kier molecular flexibility index (Phi) is 3.37. The van der Waals surface area contributed by atoms with Gasteiger partial charge in [-0.05, 0) is 31.9 Å². The molecule has 0 radical (unpaired) electrons. The van der Waals surface area contributed by atoms with Crippen molar-refractivity contribution < 1.29 is 0 Å². The van der Waals surface area contributed by atoms with Crippen LogP contribution in [0.15, 0.2) is 24.4 Å². The summed E-state index contributed by atoms with van der Waals surface area (Å²) in [6, 6.07) is 5.95. The molecule has 0 aliphatic heterocycles. The molecule has 1 heterocycles. The monoisotopic (exact) mass is 169 g/mol. The first-order valence-corrected chi connectivity index (χ1v) is 4.26. The second-order valence-corrected chi connectivity index (χ2v) is 3.39. The number of aromatic nitrogens is 1. The van der Waals surface area contributed by atoms with E-state index in [-0.39, 0.29) is 5.38 Å². The third-order valence-electron chi connectivity index (χ3n) is 1.52. The lowest BCUT2D eigenvalue weighted by Gasteiger charge is -2.00. The van der Waals surface area contributed by atoms with Crippen molar-refractivity contribution in [2.75, 3.05) is 0 Å². The zero-order chi connectivity index (χ0) is 8.10. The van der Waals surface area contributed by atoms with Crippen molar-refractivity contribution >= 4 is 11.6 Å². The lowest BCUT2D eigenvalue weighted by molar-refractivity contribution is 0.784. The molecular weight excluding hydrogens is 158 g/mol. The van der Waals surface area contributed by atoms with E-state index in [1.807, 2.05) is 31.3 Å². The van der Waals surface area contributed by atoms with E-state index in [2.05, 4.69) is 4.98 Å². The average Bonchev–Trinajstić information content (AvgIpc) is 2.03. The second-order valence-electron chi connectivity index (χ2n) is 2.64. The maximum Gasteiger partial charge on any atom is 0.0404 e. The highest BCUT2D eigenvalue weighted by Gasteiger charge is 1.97. The summed E-state index contributed by atoms with van der Waals surface area (Å²) in [5.41, 5.74) is 1.13. The molecule has 1 aromatic rings. The van der Waals surface area contributed by atoms with Crippen LogP contribution >= 0.6 is 11.6 Å². The summed E-state index contributed by atoms with van der Waals surface area (Å²) in [7, 11) is 0. The molecule has 1 aromatic heterocycles. The molecule has 60 valence electrons. The van der Waals surface area contributed by atoms with E-state index in [4.69, 9.17) is 11.6 Å². The molecule has 0 aromatic carbocycles. The van der Waals surface area contributed by atoms with E-state index >= 15 is 0 Å². The Hall–Kier alpha value is -0.560. The number of halogens is 1. The largest absolute Gasteiger partial charge is 0.261 e. The smallest absolute Gasteiger partial charge is 0.0404 e. The van der Waals surface area contributed by atoms with Crippen molar-refractivity contribution in [1.29, 1.82) is 0 Å². The van der Waals surface area contributed by atoms with Crippen molar-refractivity contribution in [3.05, 3.63) is 30.1 Å². The van der Waals surface area contributed by atoms with E-state index in [0.717, 1.165) is 18.5 Å². The van der Waals surface area contributed by atoms with E-state index in [9.17, 15) is 0 Å². The molecule has 0 fully saturated rings. The lowest BCUT2D eigenvalue weighted by atomic mass is 10.2. The zero-order valence-electron chi connectivity index (χ0n) is 6.63. The number of pyridine rings is 1. The summed E-state index contributed by atoms with van der Waals surface area (Å²) < 4.78 is 0. The summed E-state index contributed by atoms with van der Waals surface area (Å²) in [5, 5.41) is 0.247. The molecule has 1 nitrogen and oxygen atoms in total. The first kappa shape index (κ1) is 8.54. The summed E-state index contributed by atoms with van der Waals surface area (Å²) in [5.74, 6) is 0.